The lowest BCUT2D eigenvalue weighted by atomic mass is 10.1. The number of anilines is 1. The number of fused-ring (bicyclic) bond motifs is 1. The van der Waals surface area contributed by atoms with Crippen molar-refractivity contribution in [1.82, 2.24) is 19.5 Å². The average molecular weight is 451 g/mol. The first-order valence-corrected chi connectivity index (χ1v) is 10.5. The molecule has 9 heteroatoms. The molecule has 1 saturated heterocycles. The number of amides is 1. The number of benzene rings is 2. The molecule has 0 unspecified atom stereocenters. The van der Waals surface area contributed by atoms with Crippen LogP contribution < -0.4 is 4.90 Å². The summed E-state index contributed by atoms with van der Waals surface area (Å²) < 4.78 is 43.9. The van der Waals surface area contributed by atoms with Gasteiger partial charge in [-0.2, -0.15) is 18.3 Å². The van der Waals surface area contributed by atoms with E-state index in [1.807, 2.05) is 6.07 Å². The summed E-state index contributed by atoms with van der Waals surface area (Å²) in [5.41, 5.74) is 0.647. The number of alkyl halides is 3. The maximum absolute atomic E-state index is 14.4. The Kier molecular flexibility index (Phi) is 5.24. The second-order valence-electron chi connectivity index (χ2n) is 7.77. The number of carbonyl (C=O) groups is 1. The Balaban J connectivity index is 1.56. The molecule has 5 rings (SSSR count). The van der Waals surface area contributed by atoms with E-state index in [1.165, 1.54) is 12.3 Å². The summed E-state index contributed by atoms with van der Waals surface area (Å²) in [6.45, 7) is 1.10. The van der Waals surface area contributed by atoms with E-state index in [2.05, 4.69) is 10.1 Å². The summed E-state index contributed by atoms with van der Waals surface area (Å²) in [5.74, 6) is -0.129. The summed E-state index contributed by atoms with van der Waals surface area (Å²) in [6, 6.07) is 19.2. The predicted molar refractivity (Wildman–Crippen MR) is 118 cm³/mol. The molecule has 1 fully saturated rings. The molecular weight excluding hydrogens is 431 g/mol. The van der Waals surface area contributed by atoms with Crippen molar-refractivity contribution in [2.75, 3.05) is 31.1 Å². The third-order valence-electron chi connectivity index (χ3n) is 5.73. The number of aromatic nitrogens is 3. The van der Waals surface area contributed by atoms with Gasteiger partial charge in [-0.15, -0.1) is 0 Å². The number of halogens is 3. The topological polar surface area (TPSA) is 53.7 Å². The number of piperazine rings is 1. The summed E-state index contributed by atoms with van der Waals surface area (Å²) in [7, 11) is 0. The Labute approximate surface area is 187 Å². The fourth-order valence-electron chi connectivity index (χ4n) is 4.18. The summed E-state index contributed by atoms with van der Waals surface area (Å²) >= 11 is 0. The highest BCUT2D eigenvalue weighted by Crippen LogP contribution is 2.42. The minimum atomic E-state index is -4.65. The lowest BCUT2D eigenvalue weighted by molar-refractivity contribution is -0.142. The van der Waals surface area contributed by atoms with E-state index < -0.39 is 11.9 Å². The normalized spacial score (nSPS) is 14.6. The van der Waals surface area contributed by atoms with Crippen molar-refractivity contribution in [3.05, 3.63) is 84.2 Å². The molecule has 0 aliphatic carbocycles. The van der Waals surface area contributed by atoms with Crippen LogP contribution in [0.5, 0.6) is 0 Å². The summed E-state index contributed by atoms with van der Waals surface area (Å²) in [4.78, 5) is 20.7. The van der Waals surface area contributed by atoms with Gasteiger partial charge in [0, 0.05) is 43.4 Å². The highest BCUT2D eigenvalue weighted by atomic mass is 19.4. The maximum atomic E-state index is 14.4. The Morgan fingerprint density at radius 2 is 1.48 bits per heavy atom. The zero-order valence-electron chi connectivity index (χ0n) is 17.5. The lowest BCUT2D eigenvalue weighted by Gasteiger charge is -2.37. The van der Waals surface area contributed by atoms with Crippen molar-refractivity contribution >= 4 is 17.2 Å². The molecule has 168 valence electrons. The van der Waals surface area contributed by atoms with Crippen LogP contribution in [0.25, 0.3) is 16.9 Å². The van der Waals surface area contributed by atoms with Crippen molar-refractivity contribution in [2.24, 2.45) is 0 Å². The Morgan fingerprint density at radius 1 is 0.848 bits per heavy atom. The molecular formula is C24H20F3N5O. The van der Waals surface area contributed by atoms with Gasteiger partial charge in [0.2, 0.25) is 0 Å². The third-order valence-corrected chi connectivity index (χ3v) is 5.73. The van der Waals surface area contributed by atoms with Gasteiger partial charge in [0.05, 0.1) is 17.6 Å². The van der Waals surface area contributed by atoms with Crippen molar-refractivity contribution in [3.8, 4) is 11.3 Å². The van der Waals surface area contributed by atoms with Gasteiger partial charge in [0.15, 0.2) is 11.3 Å². The number of hydrogen-bond donors (Lipinski definition) is 0. The molecule has 2 aromatic carbocycles. The molecule has 0 atom stereocenters. The summed E-state index contributed by atoms with van der Waals surface area (Å²) in [6.07, 6.45) is -3.34. The average Bonchev–Trinajstić information content (AvgIpc) is 3.31. The summed E-state index contributed by atoms with van der Waals surface area (Å²) in [5, 5.41) is 3.90. The van der Waals surface area contributed by atoms with Gasteiger partial charge in [-0.1, -0.05) is 48.5 Å². The van der Waals surface area contributed by atoms with Gasteiger partial charge in [0.25, 0.3) is 5.91 Å². The molecule has 0 spiro atoms. The number of rotatable bonds is 3. The fraction of sp³-hybridized carbons (Fsp3) is 0.208. The van der Waals surface area contributed by atoms with E-state index in [1.54, 1.807) is 64.4 Å². The predicted octanol–water partition coefficient (Wildman–Crippen LogP) is 4.38. The molecule has 1 amide bonds. The first-order valence-electron chi connectivity index (χ1n) is 10.5. The quantitative estimate of drug-likeness (QED) is 0.464. The van der Waals surface area contributed by atoms with Gasteiger partial charge < -0.3 is 9.80 Å². The molecule has 3 heterocycles. The molecule has 0 radical (unpaired) electrons. The highest BCUT2D eigenvalue weighted by Gasteiger charge is 2.41. The molecule has 4 aromatic rings. The van der Waals surface area contributed by atoms with Crippen molar-refractivity contribution < 1.29 is 18.0 Å². The Hall–Kier alpha value is -3.88. The second-order valence-corrected chi connectivity index (χ2v) is 7.77. The van der Waals surface area contributed by atoms with Crippen LogP contribution in [0.1, 0.15) is 16.1 Å². The minimum absolute atomic E-state index is 0.0169. The zero-order valence-corrected chi connectivity index (χ0v) is 17.5. The van der Waals surface area contributed by atoms with Crippen LogP contribution in [0.3, 0.4) is 0 Å². The van der Waals surface area contributed by atoms with Crippen LogP contribution in [0.4, 0.5) is 18.9 Å². The molecule has 33 heavy (non-hydrogen) atoms. The Bertz CT molecular complexity index is 1280. The smallest absolute Gasteiger partial charge is 0.364 e. The van der Waals surface area contributed by atoms with E-state index in [0.29, 0.717) is 24.2 Å². The van der Waals surface area contributed by atoms with Gasteiger partial charge in [0.1, 0.15) is 0 Å². The van der Waals surface area contributed by atoms with E-state index in [9.17, 15) is 18.0 Å². The van der Waals surface area contributed by atoms with Crippen LogP contribution in [0.2, 0.25) is 0 Å². The maximum Gasteiger partial charge on any atom is 0.435 e. The highest BCUT2D eigenvalue weighted by molar-refractivity contribution is 5.94. The first-order chi connectivity index (χ1) is 15.9. The van der Waals surface area contributed by atoms with Crippen molar-refractivity contribution in [3.63, 3.8) is 0 Å². The second kappa shape index (κ2) is 8.23. The van der Waals surface area contributed by atoms with Crippen molar-refractivity contribution in [2.45, 2.75) is 6.18 Å². The third kappa shape index (κ3) is 3.90. The molecule has 2 aromatic heterocycles. The van der Waals surface area contributed by atoms with E-state index in [4.69, 9.17) is 0 Å². The molecule has 1 aliphatic heterocycles. The first kappa shape index (κ1) is 21.0. The van der Waals surface area contributed by atoms with Crippen LogP contribution in [-0.2, 0) is 6.18 Å². The van der Waals surface area contributed by atoms with Crippen LogP contribution in [-0.4, -0.2) is 51.6 Å². The molecule has 0 N–H and O–H groups in total. The van der Waals surface area contributed by atoms with Crippen LogP contribution in [0.15, 0.2) is 72.9 Å². The van der Waals surface area contributed by atoms with Gasteiger partial charge >= 0.3 is 6.18 Å². The Morgan fingerprint density at radius 3 is 2.12 bits per heavy atom. The van der Waals surface area contributed by atoms with E-state index in [-0.39, 0.29) is 36.0 Å². The standard InChI is InChI=1S/C24H20F3N5O/c25-24(26,27)22-21(20(17-7-3-1-4-8-17)29-19-11-12-28-32(19)22)30-13-15-31(16-14-30)23(33)18-9-5-2-6-10-18/h1-12H,13-16H2. The fourth-order valence-corrected chi connectivity index (χ4v) is 4.18. The zero-order chi connectivity index (χ0) is 23.0. The van der Waals surface area contributed by atoms with E-state index >= 15 is 0 Å². The minimum Gasteiger partial charge on any atom is -0.364 e. The van der Waals surface area contributed by atoms with Gasteiger partial charge in [-0.05, 0) is 12.1 Å². The largest absolute Gasteiger partial charge is 0.435 e. The van der Waals surface area contributed by atoms with Crippen LogP contribution >= 0.6 is 0 Å². The molecule has 1 aliphatic rings. The molecule has 0 saturated carbocycles. The van der Waals surface area contributed by atoms with Gasteiger partial charge in [-0.3, -0.25) is 4.79 Å². The number of hydrogen-bond acceptors (Lipinski definition) is 4. The molecule has 6 nitrogen and oxygen atoms in total. The number of carbonyl (C=O) groups excluding carboxylic acids is 1. The lowest BCUT2D eigenvalue weighted by Crippen LogP contribution is -2.49. The van der Waals surface area contributed by atoms with E-state index in [0.717, 1.165) is 4.52 Å². The van der Waals surface area contributed by atoms with Crippen LogP contribution in [0, 0.1) is 0 Å². The van der Waals surface area contributed by atoms with Crippen molar-refractivity contribution in [1.29, 1.82) is 0 Å². The van der Waals surface area contributed by atoms with Gasteiger partial charge in [-0.25, -0.2) is 9.50 Å². The molecule has 0 bridgehead atoms. The monoisotopic (exact) mass is 451 g/mol. The SMILES string of the molecule is O=C(c1ccccc1)N1CCN(c2c(-c3ccccc3)nc3ccnn3c2C(F)(F)F)CC1. The number of nitrogens with zero attached hydrogens (tertiary/aromatic N) is 5.